The monoisotopic (exact) mass is 407 g/mol. The molecule has 1 aliphatic heterocycles. The van der Waals surface area contributed by atoms with Crippen LogP contribution in [0, 0.1) is 11.6 Å². The number of rotatable bonds is 5. The summed E-state index contributed by atoms with van der Waals surface area (Å²) in [5.41, 5.74) is 0.584. The van der Waals surface area contributed by atoms with Crippen molar-refractivity contribution in [3.8, 4) is 11.5 Å². The Hall–Kier alpha value is -2.55. The first-order valence-electron chi connectivity index (χ1n) is 8.52. The third kappa shape index (κ3) is 3.71. The fourth-order valence-corrected chi connectivity index (χ4v) is 3.35. The zero-order valence-corrected chi connectivity index (χ0v) is 15.6. The first-order chi connectivity index (χ1) is 13.4. The zero-order chi connectivity index (χ0) is 19.7. The lowest BCUT2D eigenvalue weighted by Gasteiger charge is -2.29. The normalized spacial score (nSPS) is 21.8. The topological polar surface area (TPSA) is 58.4 Å². The van der Waals surface area contributed by atoms with Crippen LogP contribution in [0.2, 0.25) is 5.02 Å². The summed E-state index contributed by atoms with van der Waals surface area (Å²) in [6.07, 6.45) is 2.84. The highest BCUT2D eigenvalue weighted by atomic mass is 35.5. The number of hydrogen-bond donors (Lipinski definition) is 0. The molecule has 0 saturated carbocycles. The predicted molar refractivity (Wildman–Crippen MR) is 96.1 cm³/mol. The molecule has 2 heterocycles. The molecular formula is C19H16ClF2N3O3. The van der Waals surface area contributed by atoms with Gasteiger partial charge in [-0.3, -0.25) is 0 Å². The lowest BCUT2D eigenvalue weighted by atomic mass is 10.1. The molecule has 0 radical (unpaired) electrons. The van der Waals surface area contributed by atoms with Gasteiger partial charge in [0.25, 0.3) is 0 Å². The largest absolute Gasteiger partial charge is 0.454 e. The molecule has 28 heavy (non-hydrogen) atoms. The summed E-state index contributed by atoms with van der Waals surface area (Å²) in [6.45, 7) is 2.54. The summed E-state index contributed by atoms with van der Waals surface area (Å²) in [7, 11) is 0. The van der Waals surface area contributed by atoms with E-state index in [1.807, 2.05) is 6.92 Å². The molecule has 0 amide bonds. The average molecular weight is 408 g/mol. The van der Waals surface area contributed by atoms with Crippen LogP contribution in [0.3, 0.4) is 0 Å². The van der Waals surface area contributed by atoms with Crippen molar-refractivity contribution in [2.24, 2.45) is 0 Å². The van der Waals surface area contributed by atoms with Gasteiger partial charge in [0, 0.05) is 11.6 Å². The Morgan fingerprint density at radius 2 is 2.14 bits per heavy atom. The molecule has 6 nitrogen and oxygen atoms in total. The molecule has 2 atom stereocenters. The van der Waals surface area contributed by atoms with Gasteiger partial charge in [0.05, 0.1) is 17.7 Å². The molecule has 1 fully saturated rings. The quantitative estimate of drug-likeness (QED) is 0.631. The van der Waals surface area contributed by atoms with E-state index in [1.54, 1.807) is 23.1 Å². The van der Waals surface area contributed by atoms with Gasteiger partial charge in [-0.25, -0.2) is 18.4 Å². The molecule has 0 N–H and O–H groups in total. The van der Waals surface area contributed by atoms with E-state index in [1.165, 1.54) is 18.5 Å². The second-order valence-corrected chi connectivity index (χ2v) is 6.81. The summed E-state index contributed by atoms with van der Waals surface area (Å²) in [6, 6.07) is 7.90. The molecule has 1 aromatic heterocycles. The van der Waals surface area contributed by atoms with Crippen LogP contribution < -0.4 is 4.74 Å². The molecule has 9 heteroatoms. The van der Waals surface area contributed by atoms with Crippen LogP contribution in [-0.4, -0.2) is 27.5 Å². The summed E-state index contributed by atoms with van der Waals surface area (Å²) >= 11 is 6.48. The SMILES string of the molecule is CC1COC(Cn2cncn2)(c2ccc(Oc3ccc(F)cc3F)cc2Cl)O1. The maximum Gasteiger partial charge on any atom is 0.217 e. The van der Waals surface area contributed by atoms with Crippen molar-refractivity contribution < 1.29 is 23.0 Å². The van der Waals surface area contributed by atoms with E-state index in [-0.39, 0.29) is 18.4 Å². The minimum atomic E-state index is -1.14. The van der Waals surface area contributed by atoms with Crippen LogP contribution in [0.15, 0.2) is 49.1 Å². The van der Waals surface area contributed by atoms with Crippen molar-refractivity contribution in [1.29, 1.82) is 0 Å². The minimum Gasteiger partial charge on any atom is -0.454 e. The molecule has 0 spiro atoms. The number of aromatic nitrogens is 3. The number of benzene rings is 2. The summed E-state index contributed by atoms with van der Waals surface area (Å²) in [4.78, 5) is 3.93. The van der Waals surface area contributed by atoms with Crippen LogP contribution in [0.1, 0.15) is 12.5 Å². The number of hydrogen-bond acceptors (Lipinski definition) is 5. The van der Waals surface area contributed by atoms with Crippen molar-refractivity contribution in [3.63, 3.8) is 0 Å². The second kappa shape index (κ2) is 7.46. The second-order valence-electron chi connectivity index (χ2n) is 6.40. The first-order valence-corrected chi connectivity index (χ1v) is 8.90. The van der Waals surface area contributed by atoms with Gasteiger partial charge >= 0.3 is 0 Å². The summed E-state index contributed by atoms with van der Waals surface area (Å²) in [5, 5.41) is 4.41. The van der Waals surface area contributed by atoms with Gasteiger partial charge in [0.1, 0.15) is 30.8 Å². The summed E-state index contributed by atoms with van der Waals surface area (Å²) in [5.74, 6) is -2.44. The van der Waals surface area contributed by atoms with Crippen LogP contribution in [-0.2, 0) is 21.8 Å². The molecule has 1 saturated heterocycles. The summed E-state index contributed by atoms with van der Waals surface area (Å²) < 4.78 is 45.9. The van der Waals surface area contributed by atoms with E-state index in [0.29, 0.717) is 22.9 Å². The molecule has 2 unspecified atom stereocenters. The minimum absolute atomic E-state index is 0.107. The van der Waals surface area contributed by atoms with E-state index in [9.17, 15) is 8.78 Å². The third-order valence-corrected chi connectivity index (χ3v) is 4.56. The maximum absolute atomic E-state index is 13.8. The van der Waals surface area contributed by atoms with E-state index in [2.05, 4.69) is 10.1 Å². The standard InChI is InChI=1S/C19H16ClF2N3O3/c1-12-8-26-19(28-12,9-25-11-23-10-24-25)15-4-3-14(7-16(15)20)27-18-5-2-13(21)6-17(18)22/h2-7,10-12H,8-9H2,1H3. The molecule has 0 bridgehead atoms. The van der Waals surface area contributed by atoms with Crippen molar-refractivity contribution >= 4 is 11.6 Å². The van der Waals surface area contributed by atoms with Crippen LogP contribution >= 0.6 is 11.6 Å². The zero-order valence-electron chi connectivity index (χ0n) is 14.8. The van der Waals surface area contributed by atoms with Gasteiger partial charge in [0.2, 0.25) is 5.79 Å². The molecule has 4 rings (SSSR count). The van der Waals surface area contributed by atoms with Gasteiger partial charge in [-0.2, -0.15) is 5.10 Å². The lowest BCUT2D eigenvalue weighted by Crippen LogP contribution is -2.34. The molecule has 146 valence electrons. The number of halogens is 3. The van der Waals surface area contributed by atoms with E-state index in [4.69, 9.17) is 25.8 Å². The molecule has 0 aliphatic carbocycles. The van der Waals surface area contributed by atoms with Crippen molar-refractivity contribution in [2.75, 3.05) is 6.61 Å². The fraction of sp³-hybridized carbons (Fsp3) is 0.263. The van der Waals surface area contributed by atoms with Gasteiger partial charge < -0.3 is 14.2 Å². The van der Waals surface area contributed by atoms with Crippen molar-refractivity contribution in [1.82, 2.24) is 14.8 Å². The Labute approximate surface area is 164 Å². The fourth-order valence-electron chi connectivity index (χ4n) is 3.04. The Morgan fingerprint density at radius 1 is 1.29 bits per heavy atom. The number of ether oxygens (including phenoxy) is 3. The van der Waals surface area contributed by atoms with E-state index >= 15 is 0 Å². The highest BCUT2D eigenvalue weighted by molar-refractivity contribution is 6.31. The highest BCUT2D eigenvalue weighted by Crippen LogP contribution is 2.41. The third-order valence-electron chi connectivity index (χ3n) is 4.25. The number of nitrogens with zero attached hydrogens (tertiary/aromatic N) is 3. The van der Waals surface area contributed by atoms with E-state index < -0.39 is 17.4 Å². The van der Waals surface area contributed by atoms with Crippen LogP contribution in [0.4, 0.5) is 8.78 Å². The predicted octanol–water partition coefficient (Wildman–Crippen LogP) is 4.29. The van der Waals surface area contributed by atoms with Gasteiger partial charge in [-0.05, 0) is 37.3 Å². The van der Waals surface area contributed by atoms with Crippen LogP contribution in [0.25, 0.3) is 0 Å². The Kier molecular flexibility index (Phi) is 5.01. The molecule has 1 aliphatic rings. The average Bonchev–Trinajstić information content (AvgIpc) is 3.28. The maximum atomic E-state index is 13.8. The van der Waals surface area contributed by atoms with Gasteiger partial charge in [-0.1, -0.05) is 11.6 Å². The van der Waals surface area contributed by atoms with Crippen molar-refractivity contribution in [2.45, 2.75) is 25.4 Å². The molecule has 2 aromatic carbocycles. The van der Waals surface area contributed by atoms with E-state index in [0.717, 1.165) is 12.1 Å². The van der Waals surface area contributed by atoms with Crippen molar-refractivity contribution in [3.05, 3.63) is 71.3 Å². The smallest absolute Gasteiger partial charge is 0.217 e. The van der Waals surface area contributed by atoms with Crippen LogP contribution in [0.5, 0.6) is 11.5 Å². The van der Waals surface area contributed by atoms with Gasteiger partial charge in [-0.15, -0.1) is 0 Å². The lowest BCUT2D eigenvalue weighted by molar-refractivity contribution is -0.186. The highest BCUT2D eigenvalue weighted by Gasteiger charge is 2.44. The Balaban J connectivity index is 1.63. The molecule has 3 aromatic rings. The first kappa shape index (κ1) is 18.8. The van der Waals surface area contributed by atoms with Gasteiger partial charge in [0.15, 0.2) is 11.6 Å². The Bertz CT molecular complexity index is 987. The Morgan fingerprint density at radius 3 is 2.79 bits per heavy atom. The molecular weight excluding hydrogens is 392 g/mol.